The minimum absolute atomic E-state index is 0.199. The molecule has 2 aromatic heterocycles. The second-order valence-corrected chi connectivity index (χ2v) is 4.51. The van der Waals surface area contributed by atoms with Crippen LogP contribution in [0.3, 0.4) is 0 Å². The van der Waals surface area contributed by atoms with Gasteiger partial charge in [-0.15, -0.1) is 0 Å². The number of benzene rings is 1. The van der Waals surface area contributed by atoms with Crippen LogP contribution in [-0.4, -0.2) is 21.0 Å². The first-order valence-electron chi connectivity index (χ1n) is 5.82. The van der Waals surface area contributed by atoms with E-state index in [1.54, 1.807) is 25.1 Å². The molecule has 8 heteroatoms. The molecule has 0 radical (unpaired) electrons. The van der Waals surface area contributed by atoms with Gasteiger partial charge < -0.3 is 19.2 Å². The standard InChI is InChI=1S/C12H10N4O3S/c1-6-14-10(16-19-6)5-13-11(17)7-2-3-8-9(4-7)18-12(20)15-8/h2-4H,5H2,1H3,(H,13,17)(H,15,20). The van der Waals surface area contributed by atoms with Gasteiger partial charge in [-0.1, -0.05) is 5.16 Å². The first-order valence-corrected chi connectivity index (χ1v) is 6.23. The summed E-state index contributed by atoms with van der Waals surface area (Å²) in [6, 6.07) is 5.04. The van der Waals surface area contributed by atoms with Crippen molar-refractivity contribution in [3.8, 4) is 0 Å². The second kappa shape index (κ2) is 4.89. The summed E-state index contributed by atoms with van der Waals surface area (Å²) in [6.07, 6.45) is 0. The third kappa shape index (κ3) is 2.45. The Kier molecular flexibility index (Phi) is 3.07. The lowest BCUT2D eigenvalue weighted by Crippen LogP contribution is -2.23. The maximum Gasteiger partial charge on any atom is 0.266 e. The Morgan fingerprint density at radius 3 is 3.10 bits per heavy atom. The van der Waals surface area contributed by atoms with E-state index in [2.05, 4.69) is 20.4 Å². The lowest BCUT2D eigenvalue weighted by atomic mass is 10.2. The third-order valence-electron chi connectivity index (χ3n) is 2.66. The lowest BCUT2D eigenvalue weighted by Gasteiger charge is -2.01. The average Bonchev–Trinajstić information content (AvgIpc) is 2.99. The van der Waals surface area contributed by atoms with Crippen molar-refractivity contribution >= 4 is 29.2 Å². The van der Waals surface area contributed by atoms with Crippen LogP contribution in [0.4, 0.5) is 0 Å². The molecule has 102 valence electrons. The van der Waals surface area contributed by atoms with E-state index in [0.717, 1.165) is 5.52 Å². The van der Waals surface area contributed by atoms with Crippen LogP contribution in [-0.2, 0) is 6.54 Å². The molecule has 1 aromatic carbocycles. The van der Waals surface area contributed by atoms with Gasteiger partial charge in [-0.2, -0.15) is 4.98 Å². The van der Waals surface area contributed by atoms with E-state index in [1.165, 1.54) is 0 Å². The van der Waals surface area contributed by atoms with Crippen molar-refractivity contribution in [2.75, 3.05) is 0 Å². The minimum Gasteiger partial charge on any atom is -0.429 e. The summed E-state index contributed by atoms with van der Waals surface area (Å²) in [5.74, 6) is 0.632. The highest BCUT2D eigenvalue weighted by atomic mass is 32.1. The van der Waals surface area contributed by atoms with Crippen molar-refractivity contribution in [3.05, 3.63) is 40.3 Å². The molecular weight excluding hydrogens is 280 g/mol. The molecule has 2 heterocycles. The number of hydrogen-bond donors (Lipinski definition) is 2. The molecule has 3 aromatic rings. The fourth-order valence-electron chi connectivity index (χ4n) is 1.76. The maximum atomic E-state index is 12.0. The number of rotatable bonds is 3. The number of nitrogens with zero attached hydrogens (tertiary/aromatic N) is 2. The fourth-order valence-corrected chi connectivity index (χ4v) is 1.96. The Morgan fingerprint density at radius 2 is 2.35 bits per heavy atom. The number of H-pyrrole nitrogens is 1. The summed E-state index contributed by atoms with van der Waals surface area (Å²) in [5, 5.41) is 6.39. The molecule has 3 rings (SSSR count). The Hall–Kier alpha value is -2.48. The van der Waals surface area contributed by atoms with Gasteiger partial charge in [-0.25, -0.2) is 0 Å². The number of carbonyl (C=O) groups is 1. The molecule has 20 heavy (non-hydrogen) atoms. The van der Waals surface area contributed by atoms with E-state index >= 15 is 0 Å². The minimum atomic E-state index is -0.253. The number of nitrogens with one attached hydrogen (secondary N) is 2. The molecule has 0 aliphatic heterocycles. The van der Waals surface area contributed by atoms with Gasteiger partial charge in [0.25, 0.3) is 10.7 Å². The maximum absolute atomic E-state index is 12.0. The Labute approximate surface area is 118 Å². The van der Waals surface area contributed by atoms with Crippen LogP contribution in [0.15, 0.2) is 27.1 Å². The molecule has 0 spiro atoms. The van der Waals surface area contributed by atoms with E-state index in [1.807, 2.05) is 0 Å². The molecule has 7 nitrogen and oxygen atoms in total. The molecule has 1 amide bonds. The van der Waals surface area contributed by atoms with Crippen LogP contribution in [0.2, 0.25) is 0 Å². The summed E-state index contributed by atoms with van der Waals surface area (Å²) < 4.78 is 10.1. The molecule has 0 bridgehead atoms. The summed E-state index contributed by atoms with van der Waals surface area (Å²) in [4.78, 5) is 19.1. The van der Waals surface area contributed by atoms with E-state index in [9.17, 15) is 4.79 Å². The summed E-state index contributed by atoms with van der Waals surface area (Å²) in [7, 11) is 0. The SMILES string of the molecule is Cc1nc(CNC(=O)c2ccc3[nH]c(=S)oc3c2)no1. The van der Waals surface area contributed by atoms with Crippen LogP contribution in [0, 0.1) is 11.8 Å². The summed E-state index contributed by atoms with van der Waals surface area (Å²) in [6.45, 7) is 1.89. The highest BCUT2D eigenvalue weighted by molar-refractivity contribution is 7.71. The Bertz CT molecular complexity index is 832. The Morgan fingerprint density at radius 1 is 1.50 bits per heavy atom. The monoisotopic (exact) mass is 290 g/mol. The smallest absolute Gasteiger partial charge is 0.266 e. The number of amides is 1. The molecular formula is C12H10N4O3S. The molecule has 0 aliphatic rings. The van der Waals surface area contributed by atoms with Crippen LogP contribution in [0.5, 0.6) is 0 Å². The van der Waals surface area contributed by atoms with E-state index in [-0.39, 0.29) is 17.3 Å². The van der Waals surface area contributed by atoms with Gasteiger partial charge in [0.05, 0.1) is 12.1 Å². The van der Waals surface area contributed by atoms with Gasteiger partial charge in [-0.3, -0.25) is 4.79 Å². The van der Waals surface area contributed by atoms with Gasteiger partial charge in [0.1, 0.15) is 0 Å². The predicted octanol–water partition coefficient (Wildman–Crippen LogP) is 2.11. The predicted molar refractivity (Wildman–Crippen MR) is 71.6 cm³/mol. The number of oxazole rings is 1. The largest absolute Gasteiger partial charge is 0.429 e. The topological polar surface area (TPSA) is 97.0 Å². The third-order valence-corrected chi connectivity index (χ3v) is 2.85. The lowest BCUT2D eigenvalue weighted by molar-refractivity contribution is 0.0949. The average molecular weight is 290 g/mol. The number of aromatic amines is 1. The summed E-state index contributed by atoms with van der Waals surface area (Å²) in [5.41, 5.74) is 1.76. The number of aryl methyl sites for hydroxylation is 1. The Balaban J connectivity index is 1.76. The van der Waals surface area contributed by atoms with Crippen LogP contribution in [0.25, 0.3) is 11.1 Å². The van der Waals surface area contributed by atoms with Gasteiger partial charge in [0.15, 0.2) is 11.4 Å². The van der Waals surface area contributed by atoms with E-state index in [0.29, 0.717) is 22.9 Å². The van der Waals surface area contributed by atoms with Crippen molar-refractivity contribution in [3.63, 3.8) is 0 Å². The van der Waals surface area contributed by atoms with Gasteiger partial charge in [0, 0.05) is 12.5 Å². The molecule has 2 N–H and O–H groups in total. The van der Waals surface area contributed by atoms with Crippen molar-refractivity contribution in [2.24, 2.45) is 0 Å². The molecule has 0 fully saturated rings. The van der Waals surface area contributed by atoms with Gasteiger partial charge in [-0.05, 0) is 30.4 Å². The molecule has 0 saturated heterocycles. The molecule has 0 saturated carbocycles. The zero-order chi connectivity index (χ0) is 14.1. The molecule has 0 atom stereocenters. The number of carbonyl (C=O) groups excluding carboxylic acids is 1. The van der Waals surface area contributed by atoms with Crippen LogP contribution in [0.1, 0.15) is 22.1 Å². The number of fused-ring (bicyclic) bond motifs is 1. The zero-order valence-corrected chi connectivity index (χ0v) is 11.3. The van der Waals surface area contributed by atoms with Crippen molar-refractivity contribution < 1.29 is 13.7 Å². The first-order chi connectivity index (χ1) is 9.61. The van der Waals surface area contributed by atoms with Crippen LogP contribution >= 0.6 is 12.2 Å². The van der Waals surface area contributed by atoms with Crippen molar-refractivity contribution in [1.29, 1.82) is 0 Å². The van der Waals surface area contributed by atoms with E-state index < -0.39 is 0 Å². The number of aromatic nitrogens is 3. The summed E-state index contributed by atoms with van der Waals surface area (Å²) >= 11 is 4.89. The normalized spacial score (nSPS) is 10.8. The van der Waals surface area contributed by atoms with Crippen molar-refractivity contribution in [2.45, 2.75) is 13.5 Å². The quantitative estimate of drug-likeness (QED) is 0.717. The van der Waals surface area contributed by atoms with Gasteiger partial charge >= 0.3 is 0 Å². The van der Waals surface area contributed by atoms with Gasteiger partial charge in [0.2, 0.25) is 5.89 Å². The zero-order valence-electron chi connectivity index (χ0n) is 10.5. The molecule has 0 unspecified atom stereocenters. The fraction of sp³-hybridized carbons (Fsp3) is 0.167. The second-order valence-electron chi connectivity index (χ2n) is 4.14. The van der Waals surface area contributed by atoms with Crippen LogP contribution < -0.4 is 5.32 Å². The molecule has 0 aliphatic carbocycles. The number of hydrogen-bond acceptors (Lipinski definition) is 6. The highest BCUT2D eigenvalue weighted by Crippen LogP contribution is 2.15. The van der Waals surface area contributed by atoms with Crippen molar-refractivity contribution in [1.82, 2.24) is 20.4 Å². The van der Waals surface area contributed by atoms with E-state index in [4.69, 9.17) is 21.2 Å². The highest BCUT2D eigenvalue weighted by Gasteiger charge is 2.10. The first kappa shape index (κ1) is 12.5.